The van der Waals surface area contributed by atoms with Crippen LogP contribution in [-0.4, -0.2) is 42.1 Å². The van der Waals surface area contributed by atoms with Crippen LogP contribution in [0.1, 0.15) is 25.3 Å². The molecule has 1 heterocycles. The van der Waals surface area contributed by atoms with Crippen LogP contribution < -0.4 is 5.32 Å². The molecule has 0 atom stereocenters. The monoisotopic (exact) mass is 363 g/mol. The van der Waals surface area contributed by atoms with Gasteiger partial charge in [-0.1, -0.05) is 17.7 Å². The maximum absolute atomic E-state index is 12.1. The fraction of sp³-hybridized carbons (Fsp3) is 0.389. The highest BCUT2D eigenvalue weighted by Gasteiger charge is 2.11. The van der Waals surface area contributed by atoms with E-state index in [0.29, 0.717) is 30.4 Å². The van der Waals surface area contributed by atoms with E-state index >= 15 is 0 Å². The Balaban J connectivity index is 1.91. The second-order valence-electron chi connectivity index (χ2n) is 5.73. The Morgan fingerprint density at radius 3 is 2.76 bits per heavy atom. The summed E-state index contributed by atoms with van der Waals surface area (Å²) in [5.74, 6) is 0.338. The Bertz CT molecular complexity index is 779. The minimum atomic E-state index is -0.383. The molecule has 0 aliphatic heterocycles. The maximum atomic E-state index is 12.1. The maximum Gasteiger partial charge on any atom is 0.409 e. The molecule has 0 aliphatic rings. The topological polar surface area (TPSA) is 71.5 Å². The van der Waals surface area contributed by atoms with Crippen molar-refractivity contribution < 1.29 is 14.3 Å². The lowest BCUT2D eigenvalue weighted by Crippen LogP contribution is -2.29. The third-order valence-electron chi connectivity index (χ3n) is 3.75. The van der Waals surface area contributed by atoms with Gasteiger partial charge >= 0.3 is 6.09 Å². The molecule has 0 radical (unpaired) electrons. The molecule has 0 saturated heterocycles. The number of ether oxygens (including phenoxy) is 1. The number of rotatable bonds is 6. The third-order valence-corrected chi connectivity index (χ3v) is 4.08. The van der Waals surface area contributed by atoms with E-state index in [2.05, 4.69) is 10.3 Å². The van der Waals surface area contributed by atoms with Gasteiger partial charge in [0.05, 0.1) is 12.1 Å². The molecule has 0 aliphatic carbocycles. The molecule has 1 N–H and O–H groups in total. The molecule has 2 amide bonds. The quantitative estimate of drug-likeness (QED) is 0.841. The van der Waals surface area contributed by atoms with Crippen molar-refractivity contribution in [2.75, 3.05) is 25.5 Å². The number of anilines is 1. The highest BCUT2D eigenvalue weighted by Crippen LogP contribution is 2.26. The smallest absolute Gasteiger partial charge is 0.409 e. The van der Waals surface area contributed by atoms with Crippen molar-refractivity contribution in [2.24, 2.45) is 0 Å². The lowest BCUT2D eigenvalue weighted by atomic mass is 10.1. The average molecular weight is 364 g/mol. The molecule has 7 heteroatoms. The van der Waals surface area contributed by atoms with Gasteiger partial charge in [0, 0.05) is 30.4 Å². The number of amides is 2. The SMILES string of the molecule is CCOC(=O)N(C)CCCC(=O)Nc1ccc2c(Cl)ccc(C)c2n1. The molecule has 0 fully saturated rings. The van der Waals surface area contributed by atoms with Crippen LogP contribution in [0.15, 0.2) is 24.3 Å². The fourth-order valence-electron chi connectivity index (χ4n) is 2.40. The van der Waals surface area contributed by atoms with E-state index in [4.69, 9.17) is 16.3 Å². The zero-order valence-corrected chi connectivity index (χ0v) is 15.4. The van der Waals surface area contributed by atoms with Crippen LogP contribution in [0.25, 0.3) is 10.9 Å². The molecular weight excluding hydrogens is 342 g/mol. The van der Waals surface area contributed by atoms with Crippen LogP contribution >= 0.6 is 11.6 Å². The molecule has 6 nitrogen and oxygen atoms in total. The average Bonchev–Trinajstić information content (AvgIpc) is 2.58. The highest BCUT2D eigenvalue weighted by atomic mass is 35.5. The third kappa shape index (κ3) is 5.06. The number of aryl methyl sites for hydroxylation is 1. The Kier molecular flexibility index (Phi) is 6.58. The number of pyridine rings is 1. The number of carbonyl (C=O) groups is 2. The first-order chi connectivity index (χ1) is 11.9. The van der Waals surface area contributed by atoms with E-state index in [-0.39, 0.29) is 18.4 Å². The van der Waals surface area contributed by atoms with Crippen LogP contribution in [0.2, 0.25) is 5.02 Å². The molecule has 25 heavy (non-hydrogen) atoms. The summed E-state index contributed by atoms with van der Waals surface area (Å²) in [5, 5.41) is 4.27. The summed E-state index contributed by atoms with van der Waals surface area (Å²) in [5.41, 5.74) is 1.76. The lowest BCUT2D eigenvalue weighted by Gasteiger charge is -2.16. The van der Waals surface area contributed by atoms with Gasteiger partial charge in [0.1, 0.15) is 5.82 Å². The number of carbonyl (C=O) groups excluding carboxylic acids is 2. The standard InChI is InChI=1S/C18H22ClN3O3/c1-4-25-18(24)22(3)11-5-6-16(23)20-15-10-8-13-14(19)9-7-12(2)17(13)21-15/h7-10H,4-6,11H2,1-3H3,(H,20,21,23). The second-order valence-corrected chi connectivity index (χ2v) is 6.14. The molecule has 0 saturated carbocycles. The van der Waals surface area contributed by atoms with Gasteiger partial charge in [0.15, 0.2) is 0 Å². The first-order valence-electron chi connectivity index (χ1n) is 8.16. The van der Waals surface area contributed by atoms with Crippen molar-refractivity contribution in [3.63, 3.8) is 0 Å². The van der Waals surface area contributed by atoms with Gasteiger partial charge in [0.25, 0.3) is 0 Å². The molecule has 2 aromatic rings. The van der Waals surface area contributed by atoms with Crippen molar-refractivity contribution in [1.29, 1.82) is 0 Å². The Morgan fingerprint density at radius 1 is 1.28 bits per heavy atom. The van der Waals surface area contributed by atoms with E-state index in [9.17, 15) is 9.59 Å². The van der Waals surface area contributed by atoms with E-state index < -0.39 is 0 Å². The van der Waals surface area contributed by atoms with Crippen molar-refractivity contribution >= 4 is 40.3 Å². The minimum absolute atomic E-state index is 0.149. The van der Waals surface area contributed by atoms with Crippen molar-refractivity contribution in [3.8, 4) is 0 Å². The molecular formula is C18H22ClN3O3. The number of nitrogens with zero attached hydrogens (tertiary/aromatic N) is 2. The van der Waals surface area contributed by atoms with Crippen LogP contribution in [0.4, 0.5) is 10.6 Å². The van der Waals surface area contributed by atoms with E-state index in [1.165, 1.54) is 4.90 Å². The number of fused-ring (bicyclic) bond motifs is 1. The van der Waals surface area contributed by atoms with E-state index in [1.54, 1.807) is 20.0 Å². The summed E-state index contributed by atoms with van der Waals surface area (Å²) in [7, 11) is 1.65. The highest BCUT2D eigenvalue weighted by molar-refractivity contribution is 6.35. The van der Waals surface area contributed by atoms with Gasteiger partial charge in [-0.3, -0.25) is 4.79 Å². The molecule has 2 rings (SSSR count). The number of halogens is 1. The first-order valence-corrected chi connectivity index (χ1v) is 8.53. The van der Waals surface area contributed by atoms with Crippen LogP contribution in [-0.2, 0) is 9.53 Å². The van der Waals surface area contributed by atoms with Crippen molar-refractivity contribution in [2.45, 2.75) is 26.7 Å². The molecule has 0 spiro atoms. The summed E-state index contributed by atoms with van der Waals surface area (Å²) in [6.45, 7) is 4.49. The van der Waals surface area contributed by atoms with Crippen LogP contribution in [0.3, 0.4) is 0 Å². The first kappa shape index (κ1) is 19.0. The van der Waals surface area contributed by atoms with Gasteiger partial charge < -0.3 is 15.0 Å². The summed E-state index contributed by atoms with van der Waals surface area (Å²) < 4.78 is 4.88. The second kappa shape index (κ2) is 8.67. The number of aromatic nitrogens is 1. The molecule has 0 unspecified atom stereocenters. The van der Waals surface area contributed by atoms with E-state index in [1.807, 2.05) is 25.1 Å². The fourth-order valence-corrected chi connectivity index (χ4v) is 2.61. The molecule has 1 aromatic carbocycles. The lowest BCUT2D eigenvalue weighted by molar-refractivity contribution is -0.116. The normalized spacial score (nSPS) is 10.6. The summed E-state index contributed by atoms with van der Waals surface area (Å²) in [6, 6.07) is 7.31. The van der Waals surface area contributed by atoms with Gasteiger partial charge in [-0.2, -0.15) is 0 Å². The molecule has 0 bridgehead atoms. The Hall–Kier alpha value is -2.34. The molecule has 1 aromatic heterocycles. The zero-order valence-electron chi connectivity index (χ0n) is 14.6. The Labute approximate surface area is 152 Å². The van der Waals surface area contributed by atoms with Crippen LogP contribution in [0.5, 0.6) is 0 Å². The predicted octanol–water partition coefficient (Wildman–Crippen LogP) is 4.00. The van der Waals surface area contributed by atoms with Gasteiger partial charge in [-0.15, -0.1) is 0 Å². The summed E-state index contributed by atoms with van der Waals surface area (Å²) >= 11 is 6.16. The number of nitrogens with one attached hydrogen (secondary N) is 1. The van der Waals surface area contributed by atoms with E-state index in [0.717, 1.165) is 16.5 Å². The van der Waals surface area contributed by atoms with Gasteiger partial charge in [0.2, 0.25) is 5.91 Å². The summed E-state index contributed by atoms with van der Waals surface area (Å²) in [4.78, 5) is 29.5. The number of benzene rings is 1. The Morgan fingerprint density at radius 2 is 2.04 bits per heavy atom. The predicted molar refractivity (Wildman–Crippen MR) is 99.0 cm³/mol. The minimum Gasteiger partial charge on any atom is -0.450 e. The van der Waals surface area contributed by atoms with Crippen molar-refractivity contribution in [1.82, 2.24) is 9.88 Å². The number of hydrogen-bond donors (Lipinski definition) is 1. The van der Waals surface area contributed by atoms with Gasteiger partial charge in [-0.25, -0.2) is 9.78 Å². The number of hydrogen-bond acceptors (Lipinski definition) is 4. The molecule has 134 valence electrons. The zero-order chi connectivity index (χ0) is 18.4. The van der Waals surface area contributed by atoms with Gasteiger partial charge in [-0.05, 0) is 44.0 Å². The van der Waals surface area contributed by atoms with Crippen molar-refractivity contribution in [3.05, 3.63) is 34.9 Å². The van der Waals surface area contributed by atoms with Crippen LogP contribution in [0, 0.1) is 6.92 Å². The summed E-state index contributed by atoms with van der Waals surface area (Å²) in [6.07, 6.45) is 0.448. The largest absolute Gasteiger partial charge is 0.450 e.